The summed E-state index contributed by atoms with van der Waals surface area (Å²) in [5.41, 5.74) is 4.30. The third-order valence-electron chi connectivity index (χ3n) is 2.56. The summed E-state index contributed by atoms with van der Waals surface area (Å²) in [6.45, 7) is 0.359. The van der Waals surface area contributed by atoms with Gasteiger partial charge < -0.3 is 15.8 Å². The van der Waals surface area contributed by atoms with Crippen LogP contribution in [0.2, 0.25) is 0 Å². The molecule has 0 saturated carbocycles. The van der Waals surface area contributed by atoms with Gasteiger partial charge in [-0.1, -0.05) is 0 Å². The van der Waals surface area contributed by atoms with Crippen LogP contribution in [-0.2, 0) is 9.53 Å². The van der Waals surface area contributed by atoms with Gasteiger partial charge in [0.2, 0.25) is 5.91 Å². The molecule has 112 valence electrons. The maximum absolute atomic E-state index is 13.3. The molecular formula is C12H14F4N2O2. The standard InChI is InChI=1S/C12H14F4N2O2/c1-20-4-2-3-8(17)12(19)18-11-9(15)6(13)5-7(14)10(11)16/h5,8H,2-4,17H2,1H3,(H,18,19). The van der Waals surface area contributed by atoms with Crippen molar-refractivity contribution in [1.82, 2.24) is 0 Å². The zero-order valence-electron chi connectivity index (χ0n) is 10.7. The van der Waals surface area contributed by atoms with Crippen molar-refractivity contribution in [2.24, 2.45) is 5.73 Å². The van der Waals surface area contributed by atoms with E-state index in [1.807, 2.05) is 0 Å². The van der Waals surface area contributed by atoms with Gasteiger partial charge in [0.15, 0.2) is 23.3 Å². The highest BCUT2D eigenvalue weighted by Crippen LogP contribution is 2.24. The first-order valence-corrected chi connectivity index (χ1v) is 5.76. The maximum Gasteiger partial charge on any atom is 0.241 e. The summed E-state index contributed by atoms with van der Waals surface area (Å²) < 4.78 is 57.3. The molecule has 1 aromatic rings. The Morgan fingerprint density at radius 3 is 2.35 bits per heavy atom. The number of carbonyl (C=O) groups is 1. The van der Waals surface area contributed by atoms with Gasteiger partial charge in [-0.2, -0.15) is 0 Å². The summed E-state index contributed by atoms with van der Waals surface area (Å²) in [4.78, 5) is 11.6. The molecular weight excluding hydrogens is 280 g/mol. The Kier molecular flexibility index (Phi) is 5.90. The number of hydrogen-bond acceptors (Lipinski definition) is 3. The Morgan fingerprint density at radius 2 is 1.85 bits per heavy atom. The summed E-state index contributed by atoms with van der Waals surface area (Å²) in [6, 6.07) is -1.02. The highest BCUT2D eigenvalue weighted by molar-refractivity contribution is 5.94. The largest absolute Gasteiger partial charge is 0.385 e. The molecule has 0 aliphatic carbocycles. The SMILES string of the molecule is COCCCC(N)C(=O)Nc1c(F)c(F)cc(F)c1F. The van der Waals surface area contributed by atoms with E-state index in [-0.39, 0.29) is 12.5 Å². The number of halogens is 4. The zero-order chi connectivity index (χ0) is 15.3. The Hall–Kier alpha value is -1.67. The van der Waals surface area contributed by atoms with Crippen molar-refractivity contribution in [3.63, 3.8) is 0 Å². The van der Waals surface area contributed by atoms with E-state index in [0.717, 1.165) is 0 Å². The normalized spacial score (nSPS) is 12.3. The molecule has 0 aliphatic heterocycles. The molecule has 0 heterocycles. The van der Waals surface area contributed by atoms with Crippen molar-refractivity contribution in [3.05, 3.63) is 29.3 Å². The van der Waals surface area contributed by atoms with Crippen molar-refractivity contribution in [2.75, 3.05) is 19.0 Å². The summed E-state index contributed by atoms with van der Waals surface area (Å²) >= 11 is 0. The van der Waals surface area contributed by atoms with Crippen LogP contribution in [0, 0.1) is 23.3 Å². The summed E-state index contributed by atoms with van der Waals surface area (Å²) in [5, 5.41) is 1.75. The van der Waals surface area contributed by atoms with E-state index in [1.54, 1.807) is 5.32 Å². The molecule has 1 rings (SSSR count). The quantitative estimate of drug-likeness (QED) is 0.479. The minimum Gasteiger partial charge on any atom is -0.385 e. The molecule has 8 heteroatoms. The summed E-state index contributed by atoms with van der Waals surface area (Å²) in [5.74, 6) is -7.51. The zero-order valence-corrected chi connectivity index (χ0v) is 10.7. The molecule has 3 N–H and O–H groups in total. The van der Waals surface area contributed by atoms with Crippen molar-refractivity contribution in [1.29, 1.82) is 0 Å². The van der Waals surface area contributed by atoms with Crippen LogP contribution < -0.4 is 11.1 Å². The van der Waals surface area contributed by atoms with Gasteiger partial charge in [0, 0.05) is 19.8 Å². The first-order valence-electron chi connectivity index (χ1n) is 5.76. The van der Waals surface area contributed by atoms with Crippen molar-refractivity contribution >= 4 is 11.6 Å². The molecule has 0 aromatic heterocycles. The number of rotatable bonds is 6. The molecule has 0 aliphatic rings. The van der Waals surface area contributed by atoms with Gasteiger partial charge in [-0.05, 0) is 12.8 Å². The molecule has 1 unspecified atom stereocenters. The maximum atomic E-state index is 13.3. The Morgan fingerprint density at radius 1 is 1.30 bits per heavy atom. The lowest BCUT2D eigenvalue weighted by atomic mass is 10.1. The van der Waals surface area contributed by atoms with Crippen molar-refractivity contribution in [3.8, 4) is 0 Å². The van der Waals surface area contributed by atoms with E-state index in [4.69, 9.17) is 10.5 Å². The molecule has 1 atom stereocenters. The van der Waals surface area contributed by atoms with Crippen LogP contribution in [0.5, 0.6) is 0 Å². The number of benzene rings is 1. The summed E-state index contributed by atoms with van der Waals surface area (Å²) in [7, 11) is 1.46. The van der Waals surface area contributed by atoms with E-state index >= 15 is 0 Å². The first-order chi connectivity index (χ1) is 9.38. The molecule has 1 aromatic carbocycles. The predicted octanol–water partition coefficient (Wildman–Crippen LogP) is 1.94. The fourth-order valence-electron chi connectivity index (χ4n) is 1.48. The average molecular weight is 294 g/mol. The molecule has 0 radical (unpaired) electrons. The van der Waals surface area contributed by atoms with Crippen molar-refractivity contribution < 1.29 is 27.1 Å². The third-order valence-corrected chi connectivity index (χ3v) is 2.56. The van der Waals surface area contributed by atoms with Crippen LogP contribution >= 0.6 is 0 Å². The molecule has 0 fully saturated rings. The van der Waals surface area contributed by atoms with Gasteiger partial charge >= 0.3 is 0 Å². The number of hydrogen-bond donors (Lipinski definition) is 2. The smallest absolute Gasteiger partial charge is 0.241 e. The summed E-state index contributed by atoms with van der Waals surface area (Å²) in [6.07, 6.45) is 0.647. The average Bonchev–Trinajstić information content (AvgIpc) is 2.41. The number of carbonyl (C=O) groups excluding carboxylic acids is 1. The fraction of sp³-hybridized carbons (Fsp3) is 0.417. The monoisotopic (exact) mass is 294 g/mol. The lowest BCUT2D eigenvalue weighted by Crippen LogP contribution is -2.36. The lowest BCUT2D eigenvalue weighted by Gasteiger charge is -2.13. The minimum absolute atomic E-state index is 0.0544. The van der Waals surface area contributed by atoms with Crippen LogP contribution in [0.3, 0.4) is 0 Å². The Labute approximate surface area is 112 Å². The number of methoxy groups -OCH3 is 1. The van der Waals surface area contributed by atoms with Gasteiger partial charge in [0.05, 0.1) is 6.04 Å². The fourth-order valence-corrected chi connectivity index (χ4v) is 1.48. The second kappa shape index (κ2) is 7.20. The molecule has 1 amide bonds. The van der Waals surface area contributed by atoms with Crippen LogP contribution in [-0.4, -0.2) is 25.7 Å². The number of nitrogens with two attached hydrogens (primary N) is 1. The van der Waals surface area contributed by atoms with Gasteiger partial charge in [0.25, 0.3) is 0 Å². The highest BCUT2D eigenvalue weighted by atomic mass is 19.2. The van der Waals surface area contributed by atoms with E-state index in [2.05, 4.69) is 0 Å². The van der Waals surface area contributed by atoms with Gasteiger partial charge in [-0.3, -0.25) is 4.79 Å². The number of nitrogens with one attached hydrogen (secondary N) is 1. The van der Waals surface area contributed by atoms with Gasteiger partial charge in [0.1, 0.15) is 5.69 Å². The Bertz CT molecular complexity index is 471. The van der Waals surface area contributed by atoms with Gasteiger partial charge in [-0.15, -0.1) is 0 Å². The van der Waals surface area contributed by atoms with Crippen LogP contribution in [0.4, 0.5) is 23.2 Å². The molecule has 0 spiro atoms. The predicted molar refractivity (Wildman–Crippen MR) is 64.0 cm³/mol. The van der Waals surface area contributed by atoms with E-state index < -0.39 is 40.9 Å². The Balaban J connectivity index is 2.80. The molecule has 0 saturated heterocycles. The number of amides is 1. The van der Waals surface area contributed by atoms with Gasteiger partial charge in [-0.25, -0.2) is 17.6 Å². The van der Waals surface area contributed by atoms with Crippen LogP contribution in [0.1, 0.15) is 12.8 Å². The third kappa shape index (κ3) is 3.91. The second-order valence-electron chi connectivity index (χ2n) is 4.07. The van der Waals surface area contributed by atoms with E-state index in [9.17, 15) is 22.4 Å². The van der Waals surface area contributed by atoms with Crippen LogP contribution in [0.15, 0.2) is 6.07 Å². The minimum atomic E-state index is -1.68. The lowest BCUT2D eigenvalue weighted by molar-refractivity contribution is -0.117. The first kappa shape index (κ1) is 16.4. The molecule has 0 bridgehead atoms. The molecule has 4 nitrogen and oxygen atoms in total. The highest BCUT2D eigenvalue weighted by Gasteiger charge is 2.23. The number of ether oxygens (including phenoxy) is 1. The molecule has 20 heavy (non-hydrogen) atoms. The van der Waals surface area contributed by atoms with Crippen LogP contribution in [0.25, 0.3) is 0 Å². The number of anilines is 1. The topological polar surface area (TPSA) is 64.3 Å². The van der Waals surface area contributed by atoms with E-state index in [1.165, 1.54) is 7.11 Å². The van der Waals surface area contributed by atoms with E-state index in [0.29, 0.717) is 13.0 Å². The second-order valence-corrected chi connectivity index (χ2v) is 4.07. The van der Waals surface area contributed by atoms with Crippen molar-refractivity contribution in [2.45, 2.75) is 18.9 Å².